The van der Waals surface area contributed by atoms with Crippen molar-refractivity contribution < 1.29 is 0 Å². The van der Waals surface area contributed by atoms with Gasteiger partial charge in [-0.25, -0.2) is 0 Å². The standard InChI is InChI=1S/C13H20ClN/c1-11-5-4-6-13(7-11)10-15(3)9-12(2)8-14/h4-7,12H,8-10H2,1-3H3. The van der Waals surface area contributed by atoms with Crippen LogP contribution in [-0.2, 0) is 6.54 Å². The van der Waals surface area contributed by atoms with E-state index in [1.807, 2.05) is 0 Å². The predicted molar refractivity (Wildman–Crippen MR) is 67.4 cm³/mol. The van der Waals surface area contributed by atoms with Crippen LogP contribution < -0.4 is 0 Å². The lowest BCUT2D eigenvalue weighted by atomic mass is 10.1. The first-order valence-electron chi connectivity index (χ1n) is 5.42. The zero-order valence-corrected chi connectivity index (χ0v) is 10.6. The lowest BCUT2D eigenvalue weighted by molar-refractivity contribution is 0.290. The molecule has 15 heavy (non-hydrogen) atoms. The fraction of sp³-hybridized carbons (Fsp3) is 0.538. The molecule has 0 bridgehead atoms. The minimum atomic E-state index is 0.557. The smallest absolute Gasteiger partial charge is 0.0261 e. The lowest BCUT2D eigenvalue weighted by Gasteiger charge is -2.20. The van der Waals surface area contributed by atoms with E-state index in [1.165, 1.54) is 11.1 Å². The fourth-order valence-electron chi connectivity index (χ4n) is 1.77. The van der Waals surface area contributed by atoms with E-state index in [0.717, 1.165) is 19.0 Å². The van der Waals surface area contributed by atoms with E-state index in [0.29, 0.717) is 5.92 Å². The van der Waals surface area contributed by atoms with Gasteiger partial charge in [0.15, 0.2) is 0 Å². The van der Waals surface area contributed by atoms with Gasteiger partial charge >= 0.3 is 0 Å². The van der Waals surface area contributed by atoms with E-state index in [9.17, 15) is 0 Å². The molecule has 0 N–H and O–H groups in total. The summed E-state index contributed by atoms with van der Waals surface area (Å²) in [6, 6.07) is 8.66. The zero-order chi connectivity index (χ0) is 11.3. The van der Waals surface area contributed by atoms with Gasteiger partial charge in [0.2, 0.25) is 0 Å². The van der Waals surface area contributed by atoms with Crippen LogP contribution in [0, 0.1) is 12.8 Å². The van der Waals surface area contributed by atoms with Crippen molar-refractivity contribution >= 4 is 11.6 Å². The summed E-state index contributed by atoms with van der Waals surface area (Å²) < 4.78 is 0. The molecule has 0 fully saturated rings. The minimum Gasteiger partial charge on any atom is -0.302 e. The van der Waals surface area contributed by atoms with Gasteiger partial charge in [0.25, 0.3) is 0 Å². The van der Waals surface area contributed by atoms with Crippen LogP contribution in [0.2, 0.25) is 0 Å². The van der Waals surface area contributed by atoms with Crippen molar-refractivity contribution in [3.05, 3.63) is 35.4 Å². The summed E-state index contributed by atoms with van der Waals surface area (Å²) in [5, 5.41) is 0. The van der Waals surface area contributed by atoms with E-state index in [-0.39, 0.29) is 0 Å². The Balaban J connectivity index is 2.47. The molecule has 84 valence electrons. The predicted octanol–water partition coefficient (Wildman–Crippen LogP) is 3.30. The fourth-order valence-corrected chi connectivity index (χ4v) is 1.87. The number of hydrogen-bond donors (Lipinski definition) is 0. The van der Waals surface area contributed by atoms with Gasteiger partial charge in [0, 0.05) is 19.0 Å². The molecule has 0 amide bonds. The SMILES string of the molecule is Cc1cccc(CN(C)CC(C)CCl)c1. The third kappa shape index (κ3) is 4.67. The van der Waals surface area contributed by atoms with Crippen molar-refractivity contribution in [1.82, 2.24) is 4.90 Å². The molecule has 1 atom stereocenters. The Morgan fingerprint density at radius 3 is 2.73 bits per heavy atom. The Kier molecular flexibility index (Phi) is 5.13. The first-order valence-corrected chi connectivity index (χ1v) is 5.95. The quantitative estimate of drug-likeness (QED) is 0.696. The van der Waals surface area contributed by atoms with Crippen LogP contribution in [0.5, 0.6) is 0 Å². The van der Waals surface area contributed by atoms with Gasteiger partial charge < -0.3 is 4.90 Å². The Hall–Kier alpha value is -0.530. The Labute approximate surface area is 98.0 Å². The van der Waals surface area contributed by atoms with Gasteiger partial charge in [0.1, 0.15) is 0 Å². The summed E-state index contributed by atoms with van der Waals surface area (Å²) in [6.45, 7) is 6.37. The Morgan fingerprint density at radius 1 is 1.40 bits per heavy atom. The first-order chi connectivity index (χ1) is 7.11. The molecular formula is C13H20ClN. The number of aryl methyl sites for hydroxylation is 1. The van der Waals surface area contributed by atoms with Crippen molar-refractivity contribution in [2.45, 2.75) is 20.4 Å². The average Bonchev–Trinajstić information content (AvgIpc) is 2.17. The van der Waals surface area contributed by atoms with E-state index in [2.05, 4.69) is 50.1 Å². The van der Waals surface area contributed by atoms with Gasteiger partial charge in [-0.05, 0) is 25.5 Å². The van der Waals surface area contributed by atoms with Gasteiger partial charge in [-0.3, -0.25) is 0 Å². The van der Waals surface area contributed by atoms with E-state index in [1.54, 1.807) is 0 Å². The molecule has 1 nitrogen and oxygen atoms in total. The van der Waals surface area contributed by atoms with E-state index in [4.69, 9.17) is 11.6 Å². The van der Waals surface area contributed by atoms with E-state index < -0.39 is 0 Å². The Bertz CT molecular complexity index is 298. The van der Waals surface area contributed by atoms with Crippen LogP contribution in [0.3, 0.4) is 0 Å². The second-order valence-corrected chi connectivity index (χ2v) is 4.75. The van der Waals surface area contributed by atoms with Gasteiger partial charge in [-0.15, -0.1) is 11.6 Å². The van der Waals surface area contributed by atoms with Crippen LogP contribution in [0.25, 0.3) is 0 Å². The van der Waals surface area contributed by atoms with Crippen LogP contribution in [0.15, 0.2) is 24.3 Å². The van der Waals surface area contributed by atoms with Crippen molar-refractivity contribution in [2.75, 3.05) is 19.5 Å². The topological polar surface area (TPSA) is 3.24 Å². The monoisotopic (exact) mass is 225 g/mol. The molecule has 0 aromatic heterocycles. The van der Waals surface area contributed by atoms with Crippen LogP contribution in [0.1, 0.15) is 18.1 Å². The van der Waals surface area contributed by atoms with Crippen molar-refractivity contribution in [3.8, 4) is 0 Å². The molecule has 0 aliphatic carbocycles. The highest BCUT2D eigenvalue weighted by Gasteiger charge is 2.05. The number of nitrogens with zero attached hydrogens (tertiary/aromatic N) is 1. The van der Waals surface area contributed by atoms with Crippen molar-refractivity contribution in [2.24, 2.45) is 5.92 Å². The number of halogens is 1. The molecule has 1 aromatic carbocycles. The van der Waals surface area contributed by atoms with Crippen molar-refractivity contribution in [1.29, 1.82) is 0 Å². The average molecular weight is 226 g/mol. The molecule has 0 aliphatic rings. The second-order valence-electron chi connectivity index (χ2n) is 4.45. The molecule has 0 saturated heterocycles. The molecular weight excluding hydrogens is 206 g/mol. The molecule has 1 rings (SSSR count). The molecule has 0 aliphatic heterocycles. The molecule has 2 heteroatoms. The van der Waals surface area contributed by atoms with Gasteiger partial charge in [-0.1, -0.05) is 36.8 Å². The number of hydrogen-bond acceptors (Lipinski definition) is 1. The van der Waals surface area contributed by atoms with Gasteiger partial charge in [0.05, 0.1) is 0 Å². The maximum atomic E-state index is 5.80. The summed E-state index contributed by atoms with van der Waals surface area (Å²) in [6.07, 6.45) is 0. The zero-order valence-electron chi connectivity index (χ0n) is 9.83. The van der Waals surface area contributed by atoms with Gasteiger partial charge in [-0.2, -0.15) is 0 Å². The molecule has 0 radical (unpaired) electrons. The van der Waals surface area contributed by atoms with Crippen LogP contribution in [0.4, 0.5) is 0 Å². The van der Waals surface area contributed by atoms with Crippen LogP contribution >= 0.6 is 11.6 Å². The highest BCUT2D eigenvalue weighted by atomic mass is 35.5. The lowest BCUT2D eigenvalue weighted by Crippen LogP contribution is -2.24. The third-order valence-corrected chi connectivity index (χ3v) is 2.95. The molecule has 0 saturated carbocycles. The van der Waals surface area contributed by atoms with Crippen LogP contribution in [-0.4, -0.2) is 24.4 Å². The highest BCUT2D eigenvalue weighted by molar-refractivity contribution is 6.18. The first kappa shape index (κ1) is 12.5. The third-order valence-electron chi connectivity index (χ3n) is 2.42. The molecule has 0 spiro atoms. The highest BCUT2D eigenvalue weighted by Crippen LogP contribution is 2.08. The Morgan fingerprint density at radius 2 is 2.13 bits per heavy atom. The van der Waals surface area contributed by atoms with E-state index >= 15 is 0 Å². The summed E-state index contributed by atoms with van der Waals surface area (Å²) in [5.41, 5.74) is 2.70. The largest absolute Gasteiger partial charge is 0.302 e. The maximum Gasteiger partial charge on any atom is 0.0261 e. The normalized spacial score (nSPS) is 13.1. The second kappa shape index (κ2) is 6.14. The summed E-state index contributed by atoms with van der Waals surface area (Å²) in [5.74, 6) is 1.29. The number of alkyl halides is 1. The molecule has 0 heterocycles. The molecule has 1 aromatic rings. The summed E-state index contributed by atoms with van der Waals surface area (Å²) in [7, 11) is 2.14. The maximum absolute atomic E-state index is 5.80. The number of rotatable bonds is 5. The van der Waals surface area contributed by atoms with Crippen molar-refractivity contribution in [3.63, 3.8) is 0 Å². The summed E-state index contributed by atoms with van der Waals surface area (Å²) >= 11 is 5.80. The molecule has 1 unspecified atom stereocenters. The minimum absolute atomic E-state index is 0.557. The number of benzene rings is 1. The summed E-state index contributed by atoms with van der Waals surface area (Å²) in [4.78, 5) is 2.32.